The molecule has 3 heterocycles. The molecular weight excluding hydrogens is 368 g/mol. The van der Waals surface area contributed by atoms with Gasteiger partial charge >= 0.3 is 0 Å². The summed E-state index contributed by atoms with van der Waals surface area (Å²) in [5, 5.41) is 0. The second-order valence-electron chi connectivity index (χ2n) is 7.51. The van der Waals surface area contributed by atoms with Crippen molar-refractivity contribution in [3.8, 4) is 5.75 Å². The molecule has 2 aromatic rings. The summed E-state index contributed by atoms with van der Waals surface area (Å²) in [6.45, 7) is 3.86. The summed E-state index contributed by atoms with van der Waals surface area (Å²) in [5.74, 6) is 0.741. The van der Waals surface area contributed by atoms with Gasteiger partial charge in [-0.05, 0) is 29.8 Å². The SMILES string of the molecule is COc1ccccc1N1CCN(C(=O)C2CC(=O)N(Cc3ccncc3)C2)CC1. The lowest BCUT2D eigenvalue weighted by atomic mass is 10.1. The van der Waals surface area contributed by atoms with Gasteiger partial charge in [-0.3, -0.25) is 14.6 Å². The van der Waals surface area contributed by atoms with E-state index in [-0.39, 0.29) is 17.7 Å². The minimum atomic E-state index is -0.248. The van der Waals surface area contributed by atoms with E-state index < -0.39 is 0 Å². The zero-order chi connectivity index (χ0) is 20.2. The largest absolute Gasteiger partial charge is 0.495 e. The van der Waals surface area contributed by atoms with Gasteiger partial charge in [-0.15, -0.1) is 0 Å². The molecule has 0 spiro atoms. The summed E-state index contributed by atoms with van der Waals surface area (Å²) in [7, 11) is 1.67. The monoisotopic (exact) mass is 394 g/mol. The lowest BCUT2D eigenvalue weighted by molar-refractivity contribution is -0.136. The Labute approximate surface area is 170 Å². The predicted molar refractivity (Wildman–Crippen MR) is 110 cm³/mol. The molecule has 7 nitrogen and oxygen atoms in total. The molecule has 2 aliphatic heterocycles. The summed E-state index contributed by atoms with van der Waals surface area (Å²) >= 11 is 0. The number of methoxy groups -OCH3 is 1. The quantitative estimate of drug-likeness (QED) is 0.774. The van der Waals surface area contributed by atoms with Gasteiger partial charge in [-0.25, -0.2) is 0 Å². The van der Waals surface area contributed by atoms with Crippen molar-refractivity contribution in [1.29, 1.82) is 0 Å². The van der Waals surface area contributed by atoms with Gasteiger partial charge in [0.2, 0.25) is 11.8 Å². The molecule has 2 amide bonds. The van der Waals surface area contributed by atoms with E-state index in [0.29, 0.717) is 32.6 Å². The highest BCUT2D eigenvalue weighted by Gasteiger charge is 2.37. The number of nitrogens with zero attached hydrogens (tertiary/aromatic N) is 4. The van der Waals surface area contributed by atoms with Crippen LogP contribution in [0.5, 0.6) is 5.75 Å². The van der Waals surface area contributed by atoms with Gasteiger partial charge in [0.05, 0.1) is 18.7 Å². The molecule has 0 radical (unpaired) electrons. The Morgan fingerprint density at radius 2 is 1.83 bits per heavy atom. The lowest BCUT2D eigenvalue weighted by Crippen LogP contribution is -2.50. The molecule has 0 N–H and O–H groups in total. The first-order valence-electron chi connectivity index (χ1n) is 9.99. The first-order valence-corrected chi connectivity index (χ1v) is 9.99. The molecule has 1 aromatic carbocycles. The Hall–Kier alpha value is -3.09. The molecule has 4 rings (SSSR count). The maximum atomic E-state index is 13.0. The number of aromatic nitrogens is 1. The summed E-state index contributed by atoms with van der Waals surface area (Å²) in [6.07, 6.45) is 3.75. The van der Waals surface area contributed by atoms with Crippen molar-refractivity contribution in [3.63, 3.8) is 0 Å². The van der Waals surface area contributed by atoms with Crippen LogP contribution in [-0.2, 0) is 16.1 Å². The Bertz CT molecular complexity index is 865. The highest BCUT2D eigenvalue weighted by Crippen LogP contribution is 2.29. The fourth-order valence-corrected chi connectivity index (χ4v) is 4.12. The number of piperazine rings is 1. The fourth-order valence-electron chi connectivity index (χ4n) is 4.12. The normalized spacial score (nSPS) is 19.6. The zero-order valence-corrected chi connectivity index (χ0v) is 16.7. The van der Waals surface area contributed by atoms with Crippen LogP contribution in [0.4, 0.5) is 5.69 Å². The molecule has 0 saturated carbocycles. The Morgan fingerprint density at radius 3 is 2.55 bits per heavy atom. The van der Waals surface area contributed by atoms with E-state index in [1.807, 2.05) is 41.3 Å². The lowest BCUT2D eigenvalue weighted by Gasteiger charge is -2.37. The topological polar surface area (TPSA) is 66.0 Å². The molecule has 1 unspecified atom stereocenters. The molecule has 7 heteroatoms. The first kappa shape index (κ1) is 19.2. The van der Waals surface area contributed by atoms with Crippen LogP contribution in [0.2, 0.25) is 0 Å². The number of amides is 2. The van der Waals surface area contributed by atoms with Crippen LogP contribution >= 0.6 is 0 Å². The van der Waals surface area contributed by atoms with Crippen LogP contribution in [0.25, 0.3) is 0 Å². The van der Waals surface area contributed by atoms with Crippen LogP contribution in [0.1, 0.15) is 12.0 Å². The molecule has 1 aromatic heterocycles. The second-order valence-corrected chi connectivity index (χ2v) is 7.51. The smallest absolute Gasteiger partial charge is 0.228 e. The van der Waals surface area contributed by atoms with E-state index in [4.69, 9.17) is 4.74 Å². The summed E-state index contributed by atoms with van der Waals surface area (Å²) < 4.78 is 5.46. The number of hydrogen-bond donors (Lipinski definition) is 0. The molecule has 2 fully saturated rings. The summed E-state index contributed by atoms with van der Waals surface area (Å²) in [6, 6.07) is 11.8. The number of para-hydroxylation sites is 2. The van der Waals surface area contributed by atoms with Crippen LogP contribution in [-0.4, -0.2) is 66.4 Å². The van der Waals surface area contributed by atoms with Crippen molar-refractivity contribution in [2.24, 2.45) is 5.92 Å². The predicted octanol–water partition coefficient (Wildman–Crippen LogP) is 1.79. The molecule has 0 bridgehead atoms. The minimum absolute atomic E-state index is 0.0489. The van der Waals surface area contributed by atoms with Crippen molar-refractivity contribution in [3.05, 3.63) is 54.4 Å². The third-order valence-electron chi connectivity index (χ3n) is 5.70. The maximum Gasteiger partial charge on any atom is 0.228 e. The van der Waals surface area contributed by atoms with Gasteiger partial charge in [0.25, 0.3) is 0 Å². The van der Waals surface area contributed by atoms with Crippen molar-refractivity contribution in [2.45, 2.75) is 13.0 Å². The van der Waals surface area contributed by atoms with Crippen molar-refractivity contribution in [2.75, 3.05) is 44.7 Å². The Balaban J connectivity index is 1.33. The molecule has 0 aliphatic carbocycles. The molecule has 152 valence electrons. The highest BCUT2D eigenvalue weighted by molar-refractivity contribution is 5.89. The number of hydrogen-bond acceptors (Lipinski definition) is 5. The first-order chi connectivity index (χ1) is 14.2. The van der Waals surface area contributed by atoms with Gasteiger partial charge in [0.1, 0.15) is 5.75 Å². The van der Waals surface area contributed by atoms with Crippen molar-refractivity contribution < 1.29 is 14.3 Å². The van der Waals surface area contributed by atoms with Crippen LogP contribution in [0.3, 0.4) is 0 Å². The molecule has 2 aliphatic rings. The number of ether oxygens (including phenoxy) is 1. The van der Waals surface area contributed by atoms with E-state index in [1.165, 1.54) is 0 Å². The average molecular weight is 394 g/mol. The number of pyridine rings is 1. The average Bonchev–Trinajstić information content (AvgIpc) is 3.14. The third kappa shape index (κ3) is 4.18. The number of rotatable bonds is 5. The van der Waals surface area contributed by atoms with E-state index >= 15 is 0 Å². The highest BCUT2D eigenvalue weighted by atomic mass is 16.5. The number of benzene rings is 1. The minimum Gasteiger partial charge on any atom is -0.495 e. The van der Waals surface area contributed by atoms with Gasteiger partial charge in [0, 0.05) is 58.1 Å². The fraction of sp³-hybridized carbons (Fsp3) is 0.409. The van der Waals surface area contributed by atoms with E-state index in [9.17, 15) is 9.59 Å². The zero-order valence-electron chi connectivity index (χ0n) is 16.7. The second kappa shape index (κ2) is 8.51. The van der Waals surface area contributed by atoms with E-state index in [1.54, 1.807) is 24.4 Å². The summed E-state index contributed by atoms with van der Waals surface area (Å²) in [4.78, 5) is 35.3. The molecular formula is C22H26N4O3. The van der Waals surface area contributed by atoms with Gasteiger partial charge in [-0.2, -0.15) is 0 Å². The Kier molecular flexibility index (Phi) is 5.64. The molecule has 2 saturated heterocycles. The van der Waals surface area contributed by atoms with Crippen LogP contribution in [0.15, 0.2) is 48.8 Å². The van der Waals surface area contributed by atoms with E-state index in [2.05, 4.69) is 9.88 Å². The van der Waals surface area contributed by atoms with Crippen molar-refractivity contribution in [1.82, 2.24) is 14.8 Å². The van der Waals surface area contributed by atoms with E-state index in [0.717, 1.165) is 30.1 Å². The standard InChI is InChI=1S/C22H26N4O3/c1-29-20-5-3-2-4-19(20)24-10-12-25(13-11-24)22(28)18-14-21(27)26(16-18)15-17-6-8-23-9-7-17/h2-9,18H,10-16H2,1H3. The number of carbonyl (C=O) groups excluding carboxylic acids is 2. The van der Waals surface area contributed by atoms with Crippen molar-refractivity contribution >= 4 is 17.5 Å². The van der Waals surface area contributed by atoms with Crippen LogP contribution < -0.4 is 9.64 Å². The third-order valence-corrected chi connectivity index (χ3v) is 5.70. The van der Waals surface area contributed by atoms with Gasteiger partial charge in [0.15, 0.2) is 0 Å². The number of carbonyl (C=O) groups is 2. The number of anilines is 1. The number of likely N-dealkylation sites (tertiary alicyclic amines) is 1. The van der Waals surface area contributed by atoms with Gasteiger partial charge < -0.3 is 19.4 Å². The maximum absolute atomic E-state index is 13.0. The van der Waals surface area contributed by atoms with Gasteiger partial charge in [-0.1, -0.05) is 12.1 Å². The molecule has 29 heavy (non-hydrogen) atoms. The van der Waals surface area contributed by atoms with Crippen LogP contribution in [0, 0.1) is 5.92 Å². The molecule has 1 atom stereocenters. The Morgan fingerprint density at radius 1 is 1.10 bits per heavy atom. The summed E-state index contributed by atoms with van der Waals surface area (Å²) in [5.41, 5.74) is 2.09.